The van der Waals surface area contributed by atoms with Crippen molar-refractivity contribution in [3.63, 3.8) is 0 Å². The topological polar surface area (TPSA) is 77.8 Å². The van der Waals surface area contributed by atoms with Gasteiger partial charge in [0.1, 0.15) is 0 Å². The summed E-state index contributed by atoms with van der Waals surface area (Å²) >= 11 is 0. The fourth-order valence-electron chi connectivity index (χ4n) is 2.41. The molecule has 1 heterocycles. The molecule has 0 saturated carbocycles. The number of hydrogen-bond donors (Lipinski definition) is 3. The lowest BCUT2D eigenvalue weighted by Crippen LogP contribution is -2.20. The van der Waals surface area contributed by atoms with Crippen LogP contribution in [0.1, 0.15) is 18.5 Å². The Bertz CT molecular complexity index is 881. The molecule has 5 nitrogen and oxygen atoms in total. The van der Waals surface area contributed by atoms with E-state index in [-0.39, 0.29) is 17.2 Å². The van der Waals surface area contributed by atoms with Crippen LogP contribution in [0.2, 0.25) is 0 Å². The van der Waals surface area contributed by atoms with Gasteiger partial charge in [-0.1, -0.05) is 36.4 Å². The molecule has 0 radical (unpaired) electrons. The summed E-state index contributed by atoms with van der Waals surface area (Å²) in [5.41, 5.74) is 1.14. The van der Waals surface area contributed by atoms with Crippen molar-refractivity contribution in [2.24, 2.45) is 0 Å². The Morgan fingerprint density at radius 3 is 2.38 bits per heavy atom. The van der Waals surface area contributed by atoms with Crippen LogP contribution in [-0.4, -0.2) is 10.2 Å². The van der Waals surface area contributed by atoms with Crippen molar-refractivity contribution in [3.05, 3.63) is 74.8 Å². The maximum absolute atomic E-state index is 12.0. The first-order valence-corrected chi connectivity index (χ1v) is 6.72. The fourth-order valence-corrected chi connectivity index (χ4v) is 2.41. The summed E-state index contributed by atoms with van der Waals surface area (Å²) in [6, 6.07) is 15.1. The summed E-state index contributed by atoms with van der Waals surface area (Å²) in [6.07, 6.45) is 0. The Morgan fingerprint density at radius 2 is 1.62 bits per heavy atom. The number of nitrogens with one attached hydrogen (secondary N) is 3. The lowest BCUT2D eigenvalue weighted by atomic mass is 10.1. The minimum atomic E-state index is -0.312. The van der Waals surface area contributed by atoms with Crippen molar-refractivity contribution < 1.29 is 0 Å². The van der Waals surface area contributed by atoms with Crippen molar-refractivity contribution in [1.82, 2.24) is 10.2 Å². The zero-order chi connectivity index (χ0) is 14.8. The lowest BCUT2D eigenvalue weighted by Gasteiger charge is -2.16. The van der Waals surface area contributed by atoms with E-state index in [4.69, 9.17) is 0 Å². The molecular weight excluding hydrogens is 266 g/mol. The van der Waals surface area contributed by atoms with Crippen LogP contribution in [0.4, 0.5) is 5.69 Å². The third-order valence-electron chi connectivity index (χ3n) is 3.50. The van der Waals surface area contributed by atoms with Crippen LogP contribution in [0.3, 0.4) is 0 Å². The summed E-state index contributed by atoms with van der Waals surface area (Å²) < 4.78 is 0. The SMILES string of the molecule is CC(Nc1cccc2c(=O)[nH][nH]c(=O)c12)c1ccccc1. The normalized spacial score (nSPS) is 12.2. The fraction of sp³-hybridized carbons (Fsp3) is 0.125. The molecule has 0 fully saturated rings. The molecule has 1 aromatic heterocycles. The molecule has 0 bridgehead atoms. The molecule has 0 saturated heterocycles. The van der Waals surface area contributed by atoms with Crippen molar-refractivity contribution in [1.29, 1.82) is 0 Å². The predicted octanol–water partition coefficient (Wildman–Crippen LogP) is 2.39. The molecule has 0 aliphatic heterocycles. The van der Waals surface area contributed by atoms with E-state index in [0.717, 1.165) is 5.56 Å². The van der Waals surface area contributed by atoms with E-state index in [1.54, 1.807) is 18.2 Å². The molecule has 2 aromatic carbocycles. The predicted molar refractivity (Wildman–Crippen MR) is 83.7 cm³/mol. The number of benzene rings is 2. The highest BCUT2D eigenvalue weighted by atomic mass is 16.1. The van der Waals surface area contributed by atoms with Gasteiger partial charge >= 0.3 is 0 Å². The summed E-state index contributed by atoms with van der Waals surface area (Å²) in [5, 5.41) is 8.75. The van der Waals surface area contributed by atoms with Gasteiger partial charge < -0.3 is 5.32 Å². The van der Waals surface area contributed by atoms with Gasteiger partial charge in [0.25, 0.3) is 11.1 Å². The Morgan fingerprint density at radius 1 is 0.905 bits per heavy atom. The Hall–Kier alpha value is -2.82. The van der Waals surface area contributed by atoms with Crippen molar-refractivity contribution in [2.75, 3.05) is 5.32 Å². The molecule has 3 rings (SSSR count). The highest BCUT2D eigenvalue weighted by Gasteiger charge is 2.11. The van der Waals surface area contributed by atoms with Gasteiger partial charge in [-0.3, -0.25) is 19.8 Å². The van der Waals surface area contributed by atoms with Gasteiger partial charge in [0.05, 0.1) is 10.8 Å². The van der Waals surface area contributed by atoms with E-state index in [0.29, 0.717) is 16.5 Å². The van der Waals surface area contributed by atoms with Gasteiger partial charge in [-0.15, -0.1) is 0 Å². The molecule has 3 N–H and O–H groups in total. The summed E-state index contributed by atoms with van der Waals surface area (Å²) in [4.78, 5) is 23.8. The Labute approximate surface area is 120 Å². The summed E-state index contributed by atoms with van der Waals surface area (Å²) in [5.74, 6) is 0. The average Bonchev–Trinajstić information content (AvgIpc) is 2.52. The van der Waals surface area contributed by atoms with Gasteiger partial charge in [-0.2, -0.15) is 0 Å². The van der Waals surface area contributed by atoms with E-state index < -0.39 is 0 Å². The lowest BCUT2D eigenvalue weighted by molar-refractivity contribution is 0.885. The van der Waals surface area contributed by atoms with Gasteiger partial charge in [0.15, 0.2) is 0 Å². The molecule has 0 amide bonds. The second-order valence-corrected chi connectivity index (χ2v) is 4.91. The smallest absolute Gasteiger partial charge is 0.272 e. The Balaban J connectivity index is 2.08. The van der Waals surface area contributed by atoms with Crippen molar-refractivity contribution in [2.45, 2.75) is 13.0 Å². The first-order chi connectivity index (χ1) is 10.2. The van der Waals surface area contributed by atoms with E-state index >= 15 is 0 Å². The van der Waals surface area contributed by atoms with Crippen LogP contribution in [0.15, 0.2) is 58.1 Å². The molecule has 21 heavy (non-hydrogen) atoms. The summed E-state index contributed by atoms with van der Waals surface area (Å²) in [7, 11) is 0. The van der Waals surface area contributed by atoms with E-state index in [1.807, 2.05) is 37.3 Å². The molecule has 3 aromatic rings. The first-order valence-electron chi connectivity index (χ1n) is 6.72. The number of hydrogen-bond acceptors (Lipinski definition) is 3. The molecule has 0 aliphatic carbocycles. The van der Waals surface area contributed by atoms with E-state index in [9.17, 15) is 9.59 Å². The van der Waals surface area contributed by atoms with Crippen molar-refractivity contribution >= 4 is 16.5 Å². The minimum absolute atomic E-state index is 0.0236. The van der Waals surface area contributed by atoms with Crippen LogP contribution in [0.5, 0.6) is 0 Å². The van der Waals surface area contributed by atoms with Crippen LogP contribution in [0.25, 0.3) is 10.8 Å². The number of anilines is 1. The third-order valence-corrected chi connectivity index (χ3v) is 3.50. The van der Waals surface area contributed by atoms with Crippen LogP contribution < -0.4 is 16.4 Å². The summed E-state index contributed by atoms with van der Waals surface area (Å²) in [6.45, 7) is 2.01. The van der Waals surface area contributed by atoms with E-state index in [1.165, 1.54) is 0 Å². The molecule has 1 unspecified atom stereocenters. The second-order valence-electron chi connectivity index (χ2n) is 4.91. The number of aromatic amines is 2. The Kier molecular flexibility index (Phi) is 3.31. The standard InChI is InChI=1S/C16H15N3O2/c1-10(11-6-3-2-4-7-11)17-13-9-5-8-12-14(13)16(21)19-18-15(12)20/h2-10,17H,1H3,(H,18,20)(H,19,21). The maximum atomic E-state index is 12.0. The zero-order valence-corrected chi connectivity index (χ0v) is 11.5. The quantitative estimate of drug-likeness (QED) is 0.689. The minimum Gasteiger partial charge on any atom is -0.378 e. The second kappa shape index (κ2) is 5.28. The van der Waals surface area contributed by atoms with Crippen molar-refractivity contribution in [3.8, 4) is 0 Å². The van der Waals surface area contributed by atoms with Gasteiger partial charge in [-0.25, -0.2) is 0 Å². The van der Waals surface area contributed by atoms with Crippen LogP contribution in [-0.2, 0) is 0 Å². The highest BCUT2D eigenvalue weighted by Crippen LogP contribution is 2.23. The molecule has 1 atom stereocenters. The van der Waals surface area contributed by atoms with Gasteiger partial charge in [-0.05, 0) is 24.6 Å². The largest absolute Gasteiger partial charge is 0.378 e. The average molecular weight is 281 g/mol. The number of aromatic nitrogens is 2. The van der Waals surface area contributed by atoms with Crippen LogP contribution in [0, 0.1) is 0 Å². The first kappa shape index (κ1) is 13.2. The van der Waals surface area contributed by atoms with E-state index in [2.05, 4.69) is 15.5 Å². The molecule has 106 valence electrons. The number of rotatable bonds is 3. The van der Waals surface area contributed by atoms with Crippen LogP contribution >= 0.6 is 0 Å². The number of H-pyrrole nitrogens is 2. The monoisotopic (exact) mass is 281 g/mol. The maximum Gasteiger partial charge on any atom is 0.272 e. The molecular formula is C16H15N3O2. The third kappa shape index (κ3) is 2.45. The number of fused-ring (bicyclic) bond motifs is 1. The molecule has 0 spiro atoms. The van der Waals surface area contributed by atoms with Gasteiger partial charge in [0.2, 0.25) is 0 Å². The zero-order valence-electron chi connectivity index (χ0n) is 11.5. The highest BCUT2D eigenvalue weighted by molar-refractivity contribution is 5.92. The molecule has 5 heteroatoms. The molecule has 0 aliphatic rings. The van der Waals surface area contributed by atoms with Gasteiger partial charge in [0, 0.05) is 11.7 Å².